The van der Waals surface area contributed by atoms with Crippen LogP contribution < -0.4 is 4.74 Å². The van der Waals surface area contributed by atoms with Gasteiger partial charge in [-0.2, -0.15) is 0 Å². The van der Waals surface area contributed by atoms with Crippen molar-refractivity contribution in [1.29, 1.82) is 0 Å². The molecule has 1 aliphatic rings. The minimum absolute atomic E-state index is 0.532. The van der Waals surface area contributed by atoms with E-state index < -0.39 is 0 Å². The van der Waals surface area contributed by atoms with Gasteiger partial charge in [0, 0.05) is 12.0 Å². The lowest BCUT2D eigenvalue weighted by Gasteiger charge is -2.16. The van der Waals surface area contributed by atoms with E-state index in [1.165, 1.54) is 33.4 Å². The van der Waals surface area contributed by atoms with Gasteiger partial charge in [-0.3, -0.25) is 0 Å². The summed E-state index contributed by atoms with van der Waals surface area (Å²) in [7, 11) is 0. The quantitative estimate of drug-likeness (QED) is 0.703. The Kier molecular flexibility index (Phi) is 3.29. The highest BCUT2D eigenvalue weighted by Gasteiger charge is 2.18. The summed E-state index contributed by atoms with van der Waals surface area (Å²) in [6, 6.07) is 11.1. The standard InChI is InChI=1S/C19H22O/c1-12(2)17-11-19-18(10-14(17)4)16-7-5-6-13(3)15(16)8-9-20-19/h5-7,10-12H,8-9H2,1-4H3. The maximum absolute atomic E-state index is 6.03. The molecule has 0 atom stereocenters. The Balaban J connectivity index is 2.25. The van der Waals surface area contributed by atoms with Crippen LogP contribution in [0.3, 0.4) is 0 Å². The summed E-state index contributed by atoms with van der Waals surface area (Å²) in [5, 5.41) is 0. The first kappa shape index (κ1) is 13.2. The number of fused-ring (bicyclic) bond motifs is 3. The van der Waals surface area contributed by atoms with Crippen LogP contribution in [0.25, 0.3) is 11.1 Å². The van der Waals surface area contributed by atoms with E-state index in [1.54, 1.807) is 0 Å². The van der Waals surface area contributed by atoms with Gasteiger partial charge in [0.25, 0.3) is 0 Å². The fourth-order valence-corrected chi connectivity index (χ4v) is 3.21. The molecular weight excluding hydrogens is 244 g/mol. The van der Waals surface area contributed by atoms with Gasteiger partial charge in [-0.15, -0.1) is 0 Å². The molecule has 0 saturated heterocycles. The van der Waals surface area contributed by atoms with Crippen molar-refractivity contribution in [3.05, 3.63) is 52.6 Å². The summed E-state index contributed by atoms with van der Waals surface area (Å²) in [4.78, 5) is 0. The zero-order chi connectivity index (χ0) is 14.3. The van der Waals surface area contributed by atoms with Crippen LogP contribution in [0.2, 0.25) is 0 Å². The second-order valence-corrected chi connectivity index (χ2v) is 6.06. The first-order valence-electron chi connectivity index (χ1n) is 7.44. The third-order valence-electron chi connectivity index (χ3n) is 4.30. The highest BCUT2D eigenvalue weighted by Crippen LogP contribution is 2.39. The highest BCUT2D eigenvalue weighted by atomic mass is 16.5. The lowest BCUT2D eigenvalue weighted by molar-refractivity contribution is 0.326. The molecule has 1 nitrogen and oxygen atoms in total. The molecule has 0 aromatic heterocycles. The molecule has 3 rings (SSSR count). The first-order valence-corrected chi connectivity index (χ1v) is 7.44. The van der Waals surface area contributed by atoms with Crippen LogP contribution in [-0.4, -0.2) is 6.61 Å². The van der Waals surface area contributed by atoms with Crippen LogP contribution in [0.1, 0.15) is 42.0 Å². The smallest absolute Gasteiger partial charge is 0.127 e. The molecule has 0 N–H and O–H groups in total. The minimum atomic E-state index is 0.532. The van der Waals surface area contributed by atoms with Crippen LogP contribution in [0, 0.1) is 13.8 Å². The SMILES string of the molecule is Cc1cc2c(cc1C(C)C)OCCc1c(C)cccc1-2. The molecule has 1 aliphatic heterocycles. The molecule has 2 aromatic rings. The minimum Gasteiger partial charge on any atom is -0.493 e. The summed E-state index contributed by atoms with van der Waals surface area (Å²) in [6.45, 7) is 9.65. The van der Waals surface area contributed by atoms with Gasteiger partial charge in [-0.05, 0) is 59.7 Å². The van der Waals surface area contributed by atoms with Crippen molar-refractivity contribution in [2.45, 2.75) is 40.0 Å². The summed E-state index contributed by atoms with van der Waals surface area (Å²) in [5.41, 5.74) is 8.14. The fraction of sp³-hybridized carbons (Fsp3) is 0.368. The highest BCUT2D eigenvalue weighted by molar-refractivity contribution is 5.76. The Bertz CT molecular complexity index is 653. The number of hydrogen-bond donors (Lipinski definition) is 0. The molecule has 20 heavy (non-hydrogen) atoms. The van der Waals surface area contributed by atoms with Crippen molar-refractivity contribution in [2.75, 3.05) is 6.61 Å². The Hall–Kier alpha value is -1.76. The molecule has 0 aliphatic carbocycles. The maximum Gasteiger partial charge on any atom is 0.127 e. The summed E-state index contributed by atoms with van der Waals surface area (Å²) >= 11 is 0. The van der Waals surface area contributed by atoms with Crippen LogP contribution in [0.4, 0.5) is 0 Å². The topological polar surface area (TPSA) is 9.23 Å². The zero-order valence-corrected chi connectivity index (χ0v) is 12.8. The Morgan fingerprint density at radius 1 is 1.00 bits per heavy atom. The number of ether oxygens (including phenoxy) is 1. The van der Waals surface area contributed by atoms with Gasteiger partial charge in [0.05, 0.1) is 6.61 Å². The van der Waals surface area contributed by atoms with Crippen molar-refractivity contribution in [3.63, 3.8) is 0 Å². The normalized spacial score (nSPS) is 13.4. The van der Waals surface area contributed by atoms with Crippen molar-refractivity contribution < 1.29 is 4.74 Å². The Morgan fingerprint density at radius 3 is 2.55 bits per heavy atom. The Labute approximate surface area is 121 Å². The van der Waals surface area contributed by atoms with E-state index in [0.717, 1.165) is 18.8 Å². The summed E-state index contributed by atoms with van der Waals surface area (Å²) in [5.74, 6) is 1.58. The van der Waals surface area contributed by atoms with E-state index in [0.29, 0.717) is 5.92 Å². The molecule has 0 radical (unpaired) electrons. The second kappa shape index (κ2) is 4.97. The van der Waals surface area contributed by atoms with Crippen molar-refractivity contribution in [2.24, 2.45) is 0 Å². The number of rotatable bonds is 1. The van der Waals surface area contributed by atoms with Gasteiger partial charge in [0.15, 0.2) is 0 Å². The Morgan fingerprint density at radius 2 is 1.80 bits per heavy atom. The lowest BCUT2D eigenvalue weighted by Crippen LogP contribution is -2.00. The predicted octanol–water partition coefficient (Wildman–Crippen LogP) is 5.03. The number of benzene rings is 2. The third kappa shape index (κ3) is 2.11. The molecule has 1 heteroatoms. The van der Waals surface area contributed by atoms with Crippen LogP contribution in [0.5, 0.6) is 5.75 Å². The van der Waals surface area contributed by atoms with Crippen molar-refractivity contribution >= 4 is 0 Å². The predicted molar refractivity (Wildman–Crippen MR) is 84.6 cm³/mol. The van der Waals surface area contributed by atoms with Gasteiger partial charge in [0.1, 0.15) is 5.75 Å². The average Bonchev–Trinajstić information content (AvgIpc) is 2.58. The molecule has 0 saturated carbocycles. The van der Waals surface area contributed by atoms with Gasteiger partial charge >= 0.3 is 0 Å². The van der Waals surface area contributed by atoms with E-state index in [1.807, 2.05) is 0 Å². The van der Waals surface area contributed by atoms with E-state index >= 15 is 0 Å². The van der Waals surface area contributed by atoms with Gasteiger partial charge in [-0.25, -0.2) is 0 Å². The maximum atomic E-state index is 6.03. The lowest BCUT2D eigenvalue weighted by atomic mass is 9.90. The van der Waals surface area contributed by atoms with Crippen LogP contribution in [-0.2, 0) is 6.42 Å². The first-order chi connectivity index (χ1) is 9.58. The largest absolute Gasteiger partial charge is 0.493 e. The number of hydrogen-bond acceptors (Lipinski definition) is 1. The third-order valence-corrected chi connectivity index (χ3v) is 4.30. The van der Waals surface area contributed by atoms with Crippen LogP contribution in [0.15, 0.2) is 30.3 Å². The fourth-order valence-electron chi connectivity index (χ4n) is 3.21. The van der Waals surface area contributed by atoms with Gasteiger partial charge in [0.2, 0.25) is 0 Å². The van der Waals surface area contributed by atoms with Crippen molar-refractivity contribution in [1.82, 2.24) is 0 Å². The van der Waals surface area contributed by atoms with Crippen molar-refractivity contribution in [3.8, 4) is 16.9 Å². The van der Waals surface area contributed by atoms with E-state index in [-0.39, 0.29) is 0 Å². The second-order valence-electron chi connectivity index (χ2n) is 6.06. The number of aryl methyl sites for hydroxylation is 2. The summed E-state index contributed by atoms with van der Waals surface area (Å²) in [6.07, 6.45) is 0.993. The molecule has 1 heterocycles. The molecule has 0 spiro atoms. The van der Waals surface area contributed by atoms with E-state index in [4.69, 9.17) is 4.74 Å². The molecule has 0 bridgehead atoms. The molecule has 104 valence electrons. The van der Waals surface area contributed by atoms with Gasteiger partial charge < -0.3 is 4.74 Å². The monoisotopic (exact) mass is 266 g/mol. The molecule has 0 fully saturated rings. The molecule has 2 aromatic carbocycles. The van der Waals surface area contributed by atoms with E-state index in [2.05, 4.69) is 58.0 Å². The zero-order valence-electron chi connectivity index (χ0n) is 12.8. The molecular formula is C19H22O. The van der Waals surface area contributed by atoms with Gasteiger partial charge in [-0.1, -0.05) is 32.0 Å². The van der Waals surface area contributed by atoms with E-state index in [9.17, 15) is 0 Å². The molecule has 0 unspecified atom stereocenters. The molecule has 0 amide bonds. The van der Waals surface area contributed by atoms with Crippen LogP contribution >= 0.6 is 0 Å². The summed E-state index contributed by atoms with van der Waals surface area (Å²) < 4.78 is 6.03. The average molecular weight is 266 g/mol.